The average molecular weight is 386 g/mol. The third-order valence-electron chi connectivity index (χ3n) is 3.79. The van der Waals surface area contributed by atoms with Crippen molar-refractivity contribution in [2.24, 2.45) is 0 Å². The molecule has 0 heterocycles. The molecule has 2 aromatic rings. The van der Waals surface area contributed by atoms with Crippen LogP contribution in [0.2, 0.25) is 5.02 Å². The zero-order valence-corrected chi connectivity index (χ0v) is 15.8. The van der Waals surface area contributed by atoms with Crippen molar-refractivity contribution in [3.05, 3.63) is 82.3 Å². The van der Waals surface area contributed by atoms with E-state index in [1.165, 1.54) is 18.2 Å². The Bertz CT molecular complexity index is 840. The number of allylic oxidation sites excluding steroid dienone is 1. The maximum atomic E-state index is 13.1. The standard InChI is InChI=1S/C22H21ClFNO2/c1-2-3-4-21(26)20(15-17-7-12-19(24)13-8-17)25-22(27)14-9-16-5-10-18(23)11-6-16/h5-15H,2-4H2,1H3,(H,25,27)/b14-9+,20-15-. The van der Waals surface area contributed by atoms with E-state index in [4.69, 9.17) is 11.6 Å². The van der Waals surface area contributed by atoms with Crippen LogP contribution in [-0.2, 0) is 9.59 Å². The number of halogens is 2. The summed E-state index contributed by atoms with van der Waals surface area (Å²) in [6.45, 7) is 1.99. The molecule has 0 aliphatic rings. The molecule has 0 spiro atoms. The number of hydrogen-bond acceptors (Lipinski definition) is 2. The number of nitrogens with one attached hydrogen (secondary N) is 1. The van der Waals surface area contributed by atoms with Crippen molar-refractivity contribution in [2.45, 2.75) is 26.2 Å². The number of amides is 1. The van der Waals surface area contributed by atoms with Gasteiger partial charge in [-0.3, -0.25) is 9.59 Å². The van der Waals surface area contributed by atoms with Gasteiger partial charge in [-0.2, -0.15) is 0 Å². The van der Waals surface area contributed by atoms with E-state index in [1.807, 2.05) is 6.92 Å². The molecule has 140 valence electrons. The topological polar surface area (TPSA) is 46.2 Å². The Kier molecular flexibility index (Phi) is 7.96. The minimum absolute atomic E-state index is 0.158. The lowest BCUT2D eigenvalue weighted by molar-refractivity contribution is -0.120. The average Bonchev–Trinajstić information content (AvgIpc) is 2.66. The number of carbonyl (C=O) groups is 2. The van der Waals surface area contributed by atoms with Gasteiger partial charge in [0.1, 0.15) is 5.82 Å². The van der Waals surface area contributed by atoms with Crippen molar-refractivity contribution < 1.29 is 14.0 Å². The number of carbonyl (C=O) groups excluding carboxylic acids is 2. The van der Waals surface area contributed by atoms with Crippen molar-refractivity contribution in [1.29, 1.82) is 0 Å². The van der Waals surface area contributed by atoms with Crippen molar-refractivity contribution >= 4 is 35.4 Å². The Labute approximate surface area is 163 Å². The molecular weight excluding hydrogens is 365 g/mol. The summed E-state index contributed by atoms with van der Waals surface area (Å²) in [7, 11) is 0. The Morgan fingerprint density at radius 2 is 1.67 bits per heavy atom. The lowest BCUT2D eigenvalue weighted by atomic mass is 10.1. The van der Waals surface area contributed by atoms with E-state index in [9.17, 15) is 14.0 Å². The molecule has 0 atom stereocenters. The predicted molar refractivity (Wildman–Crippen MR) is 108 cm³/mol. The first-order valence-electron chi connectivity index (χ1n) is 8.73. The number of Topliss-reactive ketones (excluding diaryl/α,β-unsaturated/α-hetero) is 1. The van der Waals surface area contributed by atoms with Gasteiger partial charge in [-0.15, -0.1) is 0 Å². The van der Waals surface area contributed by atoms with Gasteiger partial charge in [0.05, 0.1) is 5.70 Å². The smallest absolute Gasteiger partial charge is 0.248 e. The van der Waals surface area contributed by atoms with E-state index in [0.717, 1.165) is 18.4 Å². The molecule has 1 amide bonds. The number of ketones is 1. The molecule has 0 saturated carbocycles. The number of unbranched alkanes of at least 4 members (excludes halogenated alkanes) is 1. The molecule has 0 aliphatic heterocycles. The summed E-state index contributed by atoms with van der Waals surface area (Å²) in [6, 6.07) is 12.8. The summed E-state index contributed by atoms with van der Waals surface area (Å²) in [5.74, 6) is -0.932. The van der Waals surface area contributed by atoms with Gasteiger partial charge < -0.3 is 5.32 Å². The summed E-state index contributed by atoms with van der Waals surface area (Å²) in [5.41, 5.74) is 1.65. The highest BCUT2D eigenvalue weighted by Gasteiger charge is 2.11. The van der Waals surface area contributed by atoms with E-state index in [1.54, 1.807) is 48.6 Å². The lowest BCUT2D eigenvalue weighted by Gasteiger charge is -2.08. The molecule has 2 aromatic carbocycles. The third-order valence-corrected chi connectivity index (χ3v) is 4.05. The normalized spacial score (nSPS) is 11.6. The summed E-state index contributed by atoms with van der Waals surface area (Å²) in [4.78, 5) is 24.7. The SMILES string of the molecule is CCCCC(=O)/C(=C/c1ccc(F)cc1)NC(=O)/C=C/c1ccc(Cl)cc1. The molecule has 0 aromatic heterocycles. The van der Waals surface area contributed by atoms with Crippen molar-refractivity contribution in [1.82, 2.24) is 5.32 Å². The fourth-order valence-electron chi connectivity index (χ4n) is 2.30. The van der Waals surface area contributed by atoms with Crippen LogP contribution in [0.15, 0.2) is 60.3 Å². The van der Waals surface area contributed by atoms with Crippen LogP contribution in [0.3, 0.4) is 0 Å². The summed E-state index contributed by atoms with van der Waals surface area (Å²) in [6.07, 6.45) is 6.50. The summed E-state index contributed by atoms with van der Waals surface area (Å²) < 4.78 is 13.1. The summed E-state index contributed by atoms with van der Waals surface area (Å²) in [5, 5.41) is 3.25. The Hall–Kier alpha value is -2.72. The Balaban J connectivity index is 2.14. The quantitative estimate of drug-likeness (QED) is 0.617. The van der Waals surface area contributed by atoms with E-state index >= 15 is 0 Å². The first-order chi connectivity index (χ1) is 13.0. The second kappa shape index (κ2) is 10.4. The first-order valence-corrected chi connectivity index (χ1v) is 9.11. The van der Waals surface area contributed by atoms with Crippen molar-refractivity contribution in [2.75, 3.05) is 0 Å². The van der Waals surface area contributed by atoms with Crippen LogP contribution in [0, 0.1) is 5.82 Å². The van der Waals surface area contributed by atoms with E-state index in [-0.39, 0.29) is 17.3 Å². The summed E-state index contributed by atoms with van der Waals surface area (Å²) >= 11 is 5.83. The van der Waals surface area contributed by atoms with Gasteiger partial charge >= 0.3 is 0 Å². The molecule has 0 aliphatic carbocycles. The number of rotatable bonds is 8. The highest BCUT2D eigenvalue weighted by Crippen LogP contribution is 2.12. The molecule has 0 unspecified atom stereocenters. The van der Waals surface area contributed by atoms with Crippen LogP contribution in [0.5, 0.6) is 0 Å². The molecule has 5 heteroatoms. The highest BCUT2D eigenvalue weighted by molar-refractivity contribution is 6.30. The maximum Gasteiger partial charge on any atom is 0.248 e. The largest absolute Gasteiger partial charge is 0.319 e. The van der Waals surface area contributed by atoms with E-state index in [2.05, 4.69) is 5.32 Å². The molecule has 0 radical (unpaired) electrons. The molecule has 2 rings (SSSR count). The molecule has 27 heavy (non-hydrogen) atoms. The van der Waals surface area contributed by atoms with Crippen LogP contribution in [-0.4, -0.2) is 11.7 Å². The van der Waals surface area contributed by atoms with Gasteiger partial charge in [0, 0.05) is 17.5 Å². The molecule has 1 N–H and O–H groups in total. The van der Waals surface area contributed by atoms with Gasteiger partial charge in [0.25, 0.3) is 0 Å². The van der Waals surface area contributed by atoms with Gasteiger partial charge in [0.15, 0.2) is 5.78 Å². The van der Waals surface area contributed by atoms with Crippen LogP contribution in [0.4, 0.5) is 4.39 Å². The Morgan fingerprint density at radius 1 is 1.04 bits per heavy atom. The van der Waals surface area contributed by atoms with E-state index < -0.39 is 5.91 Å². The van der Waals surface area contributed by atoms with Gasteiger partial charge in [-0.25, -0.2) is 4.39 Å². The highest BCUT2D eigenvalue weighted by atomic mass is 35.5. The van der Waals surface area contributed by atoms with Gasteiger partial charge in [-0.05, 0) is 54.0 Å². The third kappa shape index (κ3) is 7.19. The second-order valence-electron chi connectivity index (χ2n) is 6.01. The molecule has 0 fully saturated rings. The predicted octanol–water partition coefficient (Wildman–Crippen LogP) is 5.41. The number of hydrogen-bond donors (Lipinski definition) is 1. The fourth-order valence-corrected chi connectivity index (χ4v) is 2.43. The minimum Gasteiger partial charge on any atom is -0.319 e. The zero-order chi connectivity index (χ0) is 19.6. The zero-order valence-electron chi connectivity index (χ0n) is 15.0. The molecular formula is C22H21ClFNO2. The number of benzene rings is 2. The van der Waals surface area contributed by atoms with Gasteiger partial charge in [0.2, 0.25) is 5.91 Å². The van der Waals surface area contributed by atoms with Crippen LogP contribution < -0.4 is 5.32 Å². The van der Waals surface area contributed by atoms with Crippen molar-refractivity contribution in [3.63, 3.8) is 0 Å². The molecule has 0 bridgehead atoms. The fraction of sp³-hybridized carbons (Fsp3) is 0.182. The van der Waals surface area contributed by atoms with Crippen LogP contribution in [0.1, 0.15) is 37.3 Å². The van der Waals surface area contributed by atoms with Crippen LogP contribution in [0.25, 0.3) is 12.2 Å². The second-order valence-corrected chi connectivity index (χ2v) is 6.45. The van der Waals surface area contributed by atoms with Gasteiger partial charge in [-0.1, -0.05) is 49.2 Å². The lowest BCUT2D eigenvalue weighted by Crippen LogP contribution is -2.25. The van der Waals surface area contributed by atoms with E-state index in [0.29, 0.717) is 17.0 Å². The molecule has 0 saturated heterocycles. The van der Waals surface area contributed by atoms with Crippen molar-refractivity contribution in [3.8, 4) is 0 Å². The molecule has 3 nitrogen and oxygen atoms in total. The maximum absolute atomic E-state index is 13.1. The van der Waals surface area contributed by atoms with Crippen LogP contribution >= 0.6 is 11.6 Å². The first kappa shape index (κ1) is 20.6. The Morgan fingerprint density at radius 3 is 2.30 bits per heavy atom. The minimum atomic E-state index is -0.414. The monoisotopic (exact) mass is 385 g/mol.